The van der Waals surface area contributed by atoms with E-state index in [-0.39, 0.29) is 0 Å². The summed E-state index contributed by atoms with van der Waals surface area (Å²) in [7, 11) is 0. The maximum absolute atomic E-state index is 12.0. The van der Waals surface area contributed by atoms with Crippen LogP contribution >= 0.6 is 0 Å². The van der Waals surface area contributed by atoms with Crippen molar-refractivity contribution in [3.05, 3.63) is 24.3 Å². The highest BCUT2D eigenvalue weighted by Gasteiger charge is 2.18. The van der Waals surface area contributed by atoms with Crippen molar-refractivity contribution in [2.75, 3.05) is 11.9 Å². The van der Waals surface area contributed by atoms with Crippen LogP contribution in [0.5, 0.6) is 5.75 Å². The van der Waals surface area contributed by atoms with Gasteiger partial charge in [0.15, 0.2) is 0 Å². The second-order valence-corrected chi connectivity index (χ2v) is 3.97. The van der Waals surface area contributed by atoms with Gasteiger partial charge in [0.05, 0.1) is 5.69 Å². The molecule has 2 nitrogen and oxygen atoms in total. The van der Waals surface area contributed by atoms with Gasteiger partial charge in [0.1, 0.15) is 12.4 Å². The smallest absolute Gasteiger partial charge is 0.272 e. The lowest BCUT2D eigenvalue weighted by atomic mass is 9.93. The van der Waals surface area contributed by atoms with Gasteiger partial charge in [0.25, 0.3) is 6.43 Å². The van der Waals surface area contributed by atoms with E-state index in [0.717, 1.165) is 18.5 Å². The van der Waals surface area contributed by atoms with Crippen molar-refractivity contribution in [3.8, 4) is 5.75 Å². The summed E-state index contributed by atoms with van der Waals surface area (Å²) in [5, 5.41) is 3.30. The normalized spacial score (nSPS) is 15.9. The molecule has 88 valence electrons. The van der Waals surface area contributed by atoms with Crippen LogP contribution < -0.4 is 10.1 Å². The van der Waals surface area contributed by atoms with Crippen LogP contribution in [0.2, 0.25) is 0 Å². The number of alkyl halides is 2. The Bertz CT molecular complexity index is 340. The van der Waals surface area contributed by atoms with Gasteiger partial charge in [-0.1, -0.05) is 12.1 Å². The number of hydrogen-bond acceptors (Lipinski definition) is 2. The van der Waals surface area contributed by atoms with E-state index in [2.05, 4.69) is 5.32 Å². The fourth-order valence-electron chi connectivity index (χ4n) is 1.64. The van der Waals surface area contributed by atoms with Crippen LogP contribution in [-0.4, -0.2) is 19.1 Å². The first-order chi connectivity index (χ1) is 7.75. The molecule has 0 amide bonds. The fraction of sp³-hybridized carbons (Fsp3) is 0.500. The summed E-state index contributed by atoms with van der Waals surface area (Å²) in [6, 6.07) is 7.70. The van der Waals surface area contributed by atoms with Crippen molar-refractivity contribution < 1.29 is 13.5 Å². The minimum atomic E-state index is -2.43. The lowest BCUT2D eigenvalue weighted by Gasteiger charge is -2.28. The van der Waals surface area contributed by atoms with Gasteiger partial charge in [-0.05, 0) is 31.4 Å². The van der Waals surface area contributed by atoms with E-state index in [4.69, 9.17) is 4.74 Å². The van der Waals surface area contributed by atoms with Crippen LogP contribution in [0, 0.1) is 0 Å². The quantitative estimate of drug-likeness (QED) is 0.833. The zero-order valence-electron chi connectivity index (χ0n) is 8.96. The molecule has 1 fully saturated rings. The van der Waals surface area contributed by atoms with E-state index in [1.807, 2.05) is 12.1 Å². The third-order valence-electron chi connectivity index (χ3n) is 2.72. The number of rotatable bonds is 5. The monoisotopic (exact) mass is 227 g/mol. The molecule has 0 heterocycles. The van der Waals surface area contributed by atoms with Crippen molar-refractivity contribution in [2.24, 2.45) is 0 Å². The summed E-state index contributed by atoms with van der Waals surface area (Å²) in [6.45, 7) is -0.552. The third-order valence-corrected chi connectivity index (χ3v) is 2.72. The van der Waals surface area contributed by atoms with E-state index in [1.54, 1.807) is 12.1 Å². The van der Waals surface area contributed by atoms with Crippen LogP contribution in [0.25, 0.3) is 0 Å². The molecule has 1 aliphatic carbocycles. The molecule has 2 rings (SSSR count). The zero-order valence-corrected chi connectivity index (χ0v) is 8.96. The van der Waals surface area contributed by atoms with Gasteiger partial charge < -0.3 is 10.1 Å². The Labute approximate surface area is 93.6 Å². The molecule has 0 spiro atoms. The average Bonchev–Trinajstić information content (AvgIpc) is 2.22. The highest BCUT2D eigenvalue weighted by molar-refractivity contribution is 5.56. The summed E-state index contributed by atoms with van der Waals surface area (Å²) in [6.07, 6.45) is 1.08. The molecule has 1 aromatic carbocycles. The summed E-state index contributed by atoms with van der Waals surface area (Å²) < 4.78 is 29.1. The van der Waals surface area contributed by atoms with Gasteiger partial charge in [0.2, 0.25) is 0 Å². The predicted octanol–water partition coefficient (Wildman–Crippen LogP) is 3.29. The van der Waals surface area contributed by atoms with E-state index < -0.39 is 13.0 Å². The van der Waals surface area contributed by atoms with Crippen LogP contribution in [0.4, 0.5) is 14.5 Å². The van der Waals surface area contributed by atoms with Gasteiger partial charge in [-0.25, -0.2) is 8.78 Å². The van der Waals surface area contributed by atoms with Crippen molar-refractivity contribution in [2.45, 2.75) is 31.7 Å². The molecule has 0 saturated heterocycles. The summed E-state index contributed by atoms with van der Waals surface area (Å²) >= 11 is 0. The molecule has 1 N–H and O–H groups in total. The molecule has 0 unspecified atom stereocenters. The molecule has 16 heavy (non-hydrogen) atoms. The maximum Gasteiger partial charge on any atom is 0.272 e. The zero-order chi connectivity index (χ0) is 11.4. The minimum absolute atomic E-state index is 0.469. The Balaban J connectivity index is 1.98. The van der Waals surface area contributed by atoms with E-state index in [1.165, 1.54) is 6.42 Å². The molecule has 1 saturated carbocycles. The van der Waals surface area contributed by atoms with Gasteiger partial charge in [0, 0.05) is 6.04 Å². The average molecular weight is 227 g/mol. The molecular formula is C12H15F2NO. The number of halogens is 2. The molecule has 0 bridgehead atoms. The number of nitrogens with one attached hydrogen (secondary N) is 1. The van der Waals surface area contributed by atoms with Crippen molar-refractivity contribution in [1.29, 1.82) is 0 Å². The Morgan fingerprint density at radius 1 is 1.31 bits per heavy atom. The topological polar surface area (TPSA) is 21.3 Å². The van der Waals surface area contributed by atoms with Crippen molar-refractivity contribution >= 4 is 5.69 Å². The molecule has 0 radical (unpaired) electrons. The molecule has 0 atom stereocenters. The predicted molar refractivity (Wildman–Crippen MR) is 59.2 cm³/mol. The first kappa shape index (κ1) is 11.2. The van der Waals surface area contributed by atoms with Crippen LogP contribution in [0.1, 0.15) is 19.3 Å². The van der Waals surface area contributed by atoms with Gasteiger partial charge in [-0.2, -0.15) is 0 Å². The van der Waals surface area contributed by atoms with Gasteiger partial charge in [-0.15, -0.1) is 0 Å². The number of benzene rings is 1. The second-order valence-electron chi connectivity index (χ2n) is 3.97. The third kappa shape index (κ3) is 2.84. The molecule has 1 aliphatic rings. The standard InChI is InChI=1S/C12H15F2NO/c13-12(14)8-16-11-7-2-1-6-10(11)15-9-4-3-5-9/h1-2,6-7,9,12,15H,3-5,8H2. The van der Waals surface area contributed by atoms with Crippen LogP contribution in [0.15, 0.2) is 24.3 Å². The number of anilines is 1. The van der Waals surface area contributed by atoms with Gasteiger partial charge in [-0.3, -0.25) is 0 Å². The van der Waals surface area contributed by atoms with E-state index >= 15 is 0 Å². The Hall–Kier alpha value is -1.32. The summed E-state index contributed by atoms with van der Waals surface area (Å²) in [5.74, 6) is 0.509. The fourth-order valence-corrected chi connectivity index (χ4v) is 1.64. The molecule has 4 heteroatoms. The SMILES string of the molecule is FC(F)COc1ccccc1NC1CCC1. The van der Waals surface area contributed by atoms with Crippen molar-refractivity contribution in [3.63, 3.8) is 0 Å². The Kier molecular flexibility index (Phi) is 3.59. The summed E-state index contributed by atoms with van der Waals surface area (Å²) in [5.41, 5.74) is 0.813. The number of ether oxygens (including phenoxy) is 1. The first-order valence-corrected chi connectivity index (χ1v) is 5.52. The lowest BCUT2D eigenvalue weighted by Crippen LogP contribution is -2.27. The molecule has 0 aromatic heterocycles. The Morgan fingerprint density at radius 2 is 2.06 bits per heavy atom. The second kappa shape index (κ2) is 5.14. The van der Waals surface area contributed by atoms with Gasteiger partial charge >= 0.3 is 0 Å². The highest BCUT2D eigenvalue weighted by atomic mass is 19.3. The molecular weight excluding hydrogens is 212 g/mol. The maximum atomic E-state index is 12.0. The molecule has 1 aromatic rings. The largest absolute Gasteiger partial charge is 0.485 e. The minimum Gasteiger partial charge on any atom is -0.485 e. The van der Waals surface area contributed by atoms with E-state index in [0.29, 0.717) is 11.8 Å². The first-order valence-electron chi connectivity index (χ1n) is 5.52. The van der Waals surface area contributed by atoms with Crippen LogP contribution in [-0.2, 0) is 0 Å². The Morgan fingerprint density at radius 3 is 2.69 bits per heavy atom. The molecule has 0 aliphatic heterocycles. The lowest BCUT2D eigenvalue weighted by molar-refractivity contribution is 0.0822. The van der Waals surface area contributed by atoms with Crippen LogP contribution in [0.3, 0.4) is 0 Å². The summed E-state index contributed by atoms with van der Waals surface area (Å²) in [4.78, 5) is 0. The van der Waals surface area contributed by atoms with E-state index in [9.17, 15) is 8.78 Å². The highest BCUT2D eigenvalue weighted by Crippen LogP contribution is 2.29. The van der Waals surface area contributed by atoms with Crippen molar-refractivity contribution in [1.82, 2.24) is 0 Å². The number of para-hydroxylation sites is 2. The number of hydrogen-bond donors (Lipinski definition) is 1.